The van der Waals surface area contributed by atoms with Crippen molar-refractivity contribution < 1.29 is 0 Å². The van der Waals surface area contributed by atoms with Gasteiger partial charge in [-0.3, -0.25) is 13.9 Å². The van der Waals surface area contributed by atoms with Gasteiger partial charge in [0.2, 0.25) is 0 Å². The summed E-state index contributed by atoms with van der Waals surface area (Å²) in [5, 5.41) is 9.38. The van der Waals surface area contributed by atoms with E-state index in [1.165, 1.54) is 23.4 Å². The Morgan fingerprint density at radius 3 is 2.44 bits per heavy atom. The summed E-state index contributed by atoms with van der Waals surface area (Å²) in [5.41, 5.74) is 1.06. The molecule has 0 saturated carbocycles. The molecular weight excluding hydrogens is 366 g/mol. The Labute approximate surface area is 157 Å². The van der Waals surface area contributed by atoms with E-state index in [9.17, 15) is 9.59 Å². The normalized spacial score (nSPS) is 11.4. The van der Waals surface area contributed by atoms with Gasteiger partial charge in [-0.2, -0.15) is 0 Å². The predicted octanol–water partition coefficient (Wildman–Crippen LogP) is 0.762. The maximum absolute atomic E-state index is 12.5. The molecule has 10 heteroatoms. The van der Waals surface area contributed by atoms with E-state index in [0.29, 0.717) is 28.0 Å². The monoisotopic (exact) mass is 383 g/mol. The van der Waals surface area contributed by atoms with E-state index in [4.69, 9.17) is 0 Å². The third kappa shape index (κ3) is 2.87. The van der Waals surface area contributed by atoms with Crippen molar-refractivity contribution in [1.29, 1.82) is 0 Å². The van der Waals surface area contributed by atoms with Crippen molar-refractivity contribution >= 4 is 22.9 Å². The van der Waals surface area contributed by atoms with Crippen molar-refractivity contribution in [1.82, 2.24) is 33.4 Å². The summed E-state index contributed by atoms with van der Waals surface area (Å²) in [7, 11) is 4.81. The molecule has 0 aliphatic carbocycles. The number of benzene rings is 1. The zero-order valence-electron chi connectivity index (χ0n) is 15.0. The van der Waals surface area contributed by atoms with E-state index in [0.717, 1.165) is 10.1 Å². The summed E-state index contributed by atoms with van der Waals surface area (Å²) in [6, 6.07) is 9.99. The molecule has 0 aliphatic heterocycles. The van der Waals surface area contributed by atoms with Gasteiger partial charge in [-0.1, -0.05) is 30.3 Å². The van der Waals surface area contributed by atoms with Crippen LogP contribution < -0.4 is 11.2 Å². The number of aromatic nitrogens is 7. The average Bonchev–Trinajstić information content (AvgIpc) is 3.24. The number of nitrogens with zero attached hydrogens (tertiary/aromatic N) is 7. The van der Waals surface area contributed by atoms with Crippen molar-refractivity contribution in [3.05, 3.63) is 63.1 Å². The summed E-state index contributed by atoms with van der Waals surface area (Å²) < 4.78 is 6.05. The van der Waals surface area contributed by atoms with Gasteiger partial charge in [0.15, 0.2) is 21.5 Å². The number of aryl methyl sites for hydroxylation is 2. The fourth-order valence-corrected chi connectivity index (χ4v) is 3.72. The molecular formula is C17H17N7O2S. The fourth-order valence-electron chi connectivity index (χ4n) is 2.88. The molecule has 4 aromatic rings. The van der Waals surface area contributed by atoms with Gasteiger partial charge in [-0.05, 0) is 17.3 Å². The van der Waals surface area contributed by atoms with Crippen LogP contribution in [0.25, 0.3) is 11.2 Å². The largest absolute Gasteiger partial charge is 0.332 e. The standard InChI is InChI=1S/C17H17N7O2S/c1-21-12-13(22(2)17(26)23(3)14(12)25)19-15(21)27-16-20-18-10-24(16)9-11-7-5-4-6-8-11/h4-8,10H,9H2,1-3H3. The molecule has 0 aliphatic rings. The molecule has 0 fully saturated rings. The van der Waals surface area contributed by atoms with Crippen LogP contribution in [-0.4, -0.2) is 33.4 Å². The van der Waals surface area contributed by atoms with Gasteiger partial charge >= 0.3 is 5.69 Å². The lowest BCUT2D eigenvalue weighted by atomic mass is 10.2. The van der Waals surface area contributed by atoms with Crippen LogP contribution >= 0.6 is 11.8 Å². The molecule has 138 valence electrons. The molecule has 0 saturated heterocycles. The van der Waals surface area contributed by atoms with E-state index in [2.05, 4.69) is 15.2 Å². The van der Waals surface area contributed by atoms with Gasteiger partial charge in [0.25, 0.3) is 5.56 Å². The fraction of sp³-hybridized carbons (Fsp3) is 0.235. The molecule has 3 heterocycles. The Bertz CT molecular complexity index is 1250. The second kappa shape index (κ2) is 6.54. The van der Waals surface area contributed by atoms with E-state index in [1.54, 1.807) is 25.0 Å². The van der Waals surface area contributed by atoms with Crippen molar-refractivity contribution in [3.63, 3.8) is 0 Å². The lowest BCUT2D eigenvalue weighted by Crippen LogP contribution is -2.37. The number of hydrogen-bond donors (Lipinski definition) is 0. The minimum Gasteiger partial charge on any atom is -0.316 e. The first kappa shape index (κ1) is 17.3. The zero-order valence-corrected chi connectivity index (χ0v) is 15.8. The molecule has 0 radical (unpaired) electrons. The van der Waals surface area contributed by atoms with Gasteiger partial charge in [-0.15, -0.1) is 10.2 Å². The van der Waals surface area contributed by atoms with E-state index in [-0.39, 0.29) is 5.56 Å². The second-order valence-electron chi connectivity index (χ2n) is 6.16. The molecule has 1 aromatic carbocycles. The first-order valence-corrected chi connectivity index (χ1v) is 9.01. The minimum atomic E-state index is -0.408. The highest BCUT2D eigenvalue weighted by Crippen LogP contribution is 2.27. The summed E-state index contributed by atoms with van der Waals surface area (Å²) in [6.45, 7) is 0.625. The van der Waals surface area contributed by atoms with Crippen molar-refractivity contribution in [2.24, 2.45) is 21.1 Å². The van der Waals surface area contributed by atoms with Crippen LogP contribution in [0.1, 0.15) is 5.56 Å². The van der Waals surface area contributed by atoms with E-state index in [1.807, 2.05) is 34.9 Å². The number of fused-ring (bicyclic) bond motifs is 1. The van der Waals surface area contributed by atoms with Gasteiger partial charge in [0, 0.05) is 21.1 Å². The predicted molar refractivity (Wildman–Crippen MR) is 101 cm³/mol. The highest BCUT2D eigenvalue weighted by atomic mass is 32.2. The van der Waals surface area contributed by atoms with Crippen molar-refractivity contribution in [2.75, 3.05) is 0 Å². The SMILES string of the molecule is Cn1c(=O)c2c(nc(Sc3nncn3Cc3ccccc3)n2C)n(C)c1=O. The summed E-state index contributed by atoms with van der Waals surface area (Å²) in [5.74, 6) is 0. The Morgan fingerprint density at radius 1 is 0.963 bits per heavy atom. The zero-order chi connectivity index (χ0) is 19.1. The summed E-state index contributed by atoms with van der Waals surface area (Å²) in [4.78, 5) is 29.1. The Kier molecular flexibility index (Phi) is 4.19. The molecule has 3 aromatic heterocycles. The lowest BCUT2D eigenvalue weighted by molar-refractivity contribution is 0.702. The Hall–Kier alpha value is -3.14. The summed E-state index contributed by atoms with van der Waals surface area (Å²) in [6.07, 6.45) is 1.66. The van der Waals surface area contributed by atoms with Gasteiger partial charge in [-0.25, -0.2) is 9.78 Å². The summed E-state index contributed by atoms with van der Waals surface area (Å²) >= 11 is 1.30. The molecule has 9 nitrogen and oxygen atoms in total. The third-order valence-electron chi connectivity index (χ3n) is 4.39. The molecule has 0 atom stereocenters. The van der Waals surface area contributed by atoms with Crippen LogP contribution in [0.2, 0.25) is 0 Å². The first-order chi connectivity index (χ1) is 13.0. The first-order valence-electron chi connectivity index (χ1n) is 8.19. The van der Waals surface area contributed by atoms with Gasteiger partial charge in [0.1, 0.15) is 6.33 Å². The quantitative estimate of drug-likeness (QED) is 0.517. The lowest BCUT2D eigenvalue weighted by Gasteiger charge is -2.06. The molecule has 0 unspecified atom stereocenters. The highest BCUT2D eigenvalue weighted by molar-refractivity contribution is 7.99. The minimum absolute atomic E-state index is 0.349. The van der Waals surface area contributed by atoms with Crippen LogP contribution in [0, 0.1) is 0 Å². The van der Waals surface area contributed by atoms with E-state index < -0.39 is 5.69 Å². The Morgan fingerprint density at radius 2 is 1.70 bits per heavy atom. The molecule has 0 N–H and O–H groups in total. The third-order valence-corrected chi connectivity index (χ3v) is 5.44. The van der Waals surface area contributed by atoms with Crippen LogP contribution in [0.4, 0.5) is 0 Å². The van der Waals surface area contributed by atoms with Crippen LogP contribution in [0.5, 0.6) is 0 Å². The van der Waals surface area contributed by atoms with Crippen LogP contribution in [-0.2, 0) is 27.7 Å². The maximum Gasteiger partial charge on any atom is 0.332 e. The molecule has 0 spiro atoms. The number of hydrogen-bond acceptors (Lipinski definition) is 6. The van der Waals surface area contributed by atoms with E-state index >= 15 is 0 Å². The Balaban J connectivity index is 1.76. The van der Waals surface area contributed by atoms with Gasteiger partial charge in [0.05, 0.1) is 6.54 Å². The van der Waals surface area contributed by atoms with Crippen molar-refractivity contribution in [2.45, 2.75) is 16.9 Å². The highest BCUT2D eigenvalue weighted by Gasteiger charge is 2.19. The van der Waals surface area contributed by atoms with Crippen LogP contribution in [0.15, 0.2) is 56.6 Å². The topological polar surface area (TPSA) is 92.5 Å². The molecule has 0 amide bonds. The van der Waals surface area contributed by atoms with Gasteiger partial charge < -0.3 is 9.13 Å². The molecule has 0 bridgehead atoms. The second-order valence-corrected chi connectivity index (χ2v) is 7.09. The smallest absolute Gasteiger partial charge is 0.316 e. The maximum atomic E-state index is 12.5. The number of imidazole rings is 1. The van der Waals surface area contributed by atoms with Crippen LogP contribution in [0.3, 0.4) is 0 Å². The number of rotatable bonds is 4. The average molecular weight is 383 g/mol. The molecule has 4 rings (SSSR count). The molecule has 27 heavy (non-hydrogen) atoms. The van der Waals surface area contributed by atoms with Crippen molar-refractivity contribution in [3.8, 4) is 0 Å².